The molecular weight excluding hydrogens is 308 g/mol. The van der Waals surface area contributed by atoms with E-state index in [-0.39, 0.29) is 0 Å². The molecule has 2 heterocycles. The average molecular weight is 326 g/mol. The Morgan fingerprint density at radius 3 is 2.35 bits per heavy atom. The zero-order valence-electron chi connectivity index (χ0n) is 13.3. The van der Waals surface area contributed by atoms with Crippen molar-refractivity contribution in [3.63, 3.8) is 0 Å². The van der Waals surface area contributed by atoms with Gasteiger partial charge in [-0.3, -0.25) is 0 Å². The second-order valence-corrected chi connectivity index (χ2v) is 6.14. The Hall–Kier alpha value is -2.54. The zero-order valence-corrected chi connectivity index (χ0v) is 14.2. The summed E-state index contributed by atoms with van der Waals surface area (Å²) < 4.78 is 4.44. The molecule has 0 N–H and O–H groups in total. The van der Waals surface area contributed by atoms with E-state index in [1.165, 1.54) is 11.5 Å². The Labute approximate surface area is 139 Å². The third kappa shape index (κ3) is 3.62. The van der Waals surface area contributed by atoms with Crippen LogP contribution in [0.2, 0.25) is 0 Å². The van der Waals surface area contributed by atoms with Gasteiger partial charge in [0.2, 0.25) is 11.1 Å². The molecule has 3 aromatic rings. The summed E-state index contributed by atoms with van der Waals surface area (Å²) >= 11 is 1.40. The highest BCUT2D eigenvalue weighted by molar-refractivity contribution is 7.09. The van der Waals surface area contributed by atoms with E-state index >= 15 is 0 Å². The molecule has 3 rings (SSSR count). The number of benzene rings is 1. The molecule has 0 fully saturated rings. The van der Waals surface area contributed by atoms with Crippen LogP contribution in [0.4, 0.5) is 11.1 Å². The molecule has 0 aliphatic rings. The third-order valence-electron chi connectivity index (χ3n) is 3.29. The van der Waals surface area contributed by atoms with Gasteiger partial charge in [0.05, 0.1) is 0 Å². The van der Waals surface area contributed by atoms with Crippen molar-refractivity contribution in [3.8, 4) is 11.4 Å². The largest absolute Gasteiger partial charge is 0.347 e. The van der Waals surface area contributed by atoms with Gasteiger partial charge in [0.25, 0.3) is 0 Å². The lowest BCUT2D eigenvalue weighted by molar-refractivity contribution is 0.887. The summed E-state index contributed by atoms with van der Waals surface area (Å²) in [5.41, 5.74) is 2.07. The predicted octanol–water partition coefficient (Wildman–Crippen LogP) is 2.70. The van der Waals surface area contributed by atoms with Gasteiger partial charge in [-0.05, 0) is 0 Å². The molecule has 0 amide bonds. The molecule has 6 nitrogen and oxygen atoms in total. The van der Waals surface area contributed by atoms with Crippen LogP contribution < -0.4 is 9.80 Å². The van der Waals surface area contributed by atoms with Crippen molar-refractivity contribution in [1.82, 2.24) is 19.3 Å². The molecule has 0 radical (unpaired) electrons. The van der Waals surface area contributed by atoms with Crippen molar-refractivity contribution < 1.29 is 0 Å². The summed E-state index contributed by atoms with van der Waals surface area (Å²) in [6, 6.07) is 9.99. The summed E-state index contributed by atoms with van der Waals surface area (Å²) in [5, 5.41) is 0.875. The quantitative estimate of drug-likeness (QED) is 0.718. The van der Waals surface area contributed by atoms with Crippen molar-refractivity contribution in [2.75, 3.05) is 30.9 Å². The summed E-state index contributed by atoms with van der Waals surface area (Å²) in [7, 11) is 5.84. The SMILES string of the molecule is CN(C)c1ncc(CN(C)c2nc(-c3ccccc3)ns2)cn1. The van der Waals surface area contributed by atoms with Crippen molar-refractivity contribution in [3.05, 3.63) is 48.3 Å². The van der Waals surface area contributed by atoms with E-state index in [4.69, 9.17) is 0 Å². The Balaban J connectivity index is 1.71. The van der Waals surface area contributed by atoms with E-state index in [1.807, 2.05) is 68.8 Å². The number of rotatable bonds is 5. The maximum Gasteiger partial charge on any atom is 0.224 e. The van der Waals surface area contributed by atoms with Crippen molar-refractivity contribution in [1.29, 1.82) is 0 Å². The van der Waals surface area contributed by atoms with Crippen molar-refractivity contribution in [2.45, 2.75) is 6.54 Å². The minimum absolute atomic E-state index is 0.692. The Morgan fingerprint density at radius 2 is 1.70 bits per heavy atom. The summed E-state index contributed by atoms with van der Waals surface area (Å²) in [6.07, 6.45) is 3.69. The van der Waals surface area contributed by atoms with Gasteiger partial charge >= 0.3 is 0 Å². The molecule has 0 saturated heterocycles. The second-order valence-electron chi connectivity index (χ2n) is 5.41. The Kier molecular flexibility index (Phi) is 4.47. The molecule has 2 aromatic heterocycles. The number of aromatic nitrogens is 4. The monoisotopic (exact) mass is 326 g/mol. The van der Waals surface area contributed by atoms with Crippen LogP contribution in [0.15, 0.2) is 42.7 Å². The van der Waals surface area contributed by atoms with E-state index in [9.17, 15) is 0 Å². The Morgan fingerprint density at radius 1 is 1.00 bits per heavy atom. The fourth-order valence-electron chi connectivity index (χ4n) is 2.08. The number of nitrogens with zero attached hydrogens (tertiary/aromatic N) is 6. The van der Waals surface area contributed by atoms with Crippen molar-refractivity contribution >= 4 is 22.6 Å². The van der Waals surface area contributed by atoms with E-state index in [2.05, 4.69) is 24.2 Å². The van der Waals surface area contributed by atoms with Gasteiger partial charge in [0.15, 0.2) is 5.82 Å². The first-order valence-electron chi connectivity index (χ1n) is 7.22. The molecule has 23 heavy (non-hydrogen) atoms. The predicted molar refractivity (Wildman–Crippen MR) is 93.8 cm³/mol. The lowest BCUT2D eigenvalue weighted by atomic mass is 10.2. The van der Waals surface area contributed by atoms with Crippen LogP contribution in [-0.2, 0) is 6.54 Å². The van der Waals surface area contributed by atoms with E-state index in [1.54, 1.807) is 0 Å². The van der Waals surface area contributed by atoms with Crippen LogP contribution in [0.25, 0.3) is 11.4 Å². The average Bonchev–Trinajstić information content (AvgIpc) is 3.06. The zero-order chi connectivity index (χ0) is 16.2. The summed E-state index contributed by atoms with van der Waals surface area (Å²) in [4.78, 5) is 17.2. The maximum atomic E-state index is 4.61. The molecule has 0 atom stereocenters. The Bertz CT molecular complexity index is 754. The molecule has 7 heteroatoms. The smallest absolute Gasteiger partial charge is 0.224 e. The van der Waals surface area contributed by atoms with Gasteiger partial charge in [-0.15, -0.1) is 0 Å². The van der Waals surface area contributed by atoms with Crippen LogP contribution >= 0.6 is 11.5 Å². The fraction of sp³-hybridized carbons (Fsp3) is 0.250. The third-order valence-corrected chi connectivity index (χ3v) is 4.12. The minimum atomic E-state index is 0.692. The lowest BCUT2D eigenvalue weighted by Crippen LogP contribution is -2.17. The normalized spacial score (nSPS) is 10.6. The first-order chi connectivity index (χ1) is 11.1. The number of hydrogen-bond donors (Lipinski definition) is 0. The molecule has 0 spiro atoms. The summed E-state index contributed by atoms with van der Waals surface area (Å²) in [5.74, 6) is 1.47. The highest BCUT2D eigenvalue weighted by Crippen LogP contribution is 2.23. The molecule has 0 saturated carbocycles. The highest BCUT2D eigenvalue weighted by atomic mass is 32.1. The molecule has 1 aromatic carbocycles. The topological polar surface area (TPSA) is 58.0 Å². The first-order valence-corrected chi connectivity index (χ1v) is 7.99. The van der Waals surface area contributed by atoms with Crippen LogP contribution in [0, 0.1) is 0 Å². The number of hydrogen-bond acceptors (Lipinski definition) is 7. The van der Waals surface area contributed by atoms with Crippen LogP contribution in [0.1, 0.15) is 5.56 Å². The van der Waals surface area contributed by atoms with E-state index in [0.29, 0.717) is 12.5 Å². The van der Waals surface area contributed by atoms with Gasteiger partial charge in [-0.2, -0.15) is 9.36 Å². The molecular formula is C16H18N6S. The second kappa shape index (κ2) is 6.70. The molecule has 0 unspecified atom stereocenters. The van der Waals surface area contributed by atoms with Gasteiger partial charge in [-0.1, -0.05) is 30.3 Å². The summed E-state index contributed by atoms with van der Waals surface area (Å²) in [6.45, 7) is 0.692. The van der Waals surface area contributed by atoms with Gasteiger partial charge in [0, 0.05) is 62.7 Å². The molecule has 0 bridgehead atoms. The molecule has 118 valence electrons. The molecule has 0 aliphatic heterocycles. The van der Waals surface area contributed by atoms with Gasteiger partial charge < -0.3 is 9.80 Å². The van der Waals surface area contributed by atoms with Crippen LogP contribution in [-0.4, -0.2) is 40.5 Å². The van der Waals surface area contributed by atoms with Crippen molar-refractivity contribution in [2.24, 2.45) is 0 Å². The maximum absolute atomic E-state index is 4.61. The number of anilines is 2. The fourth-order valence-corrected chi connectivity index (χ4v) is 2.72. The van der Waals surface area contributed by atoms with E-state index in [0.717, 1.165) is 22.1 Å². The van der Waals surface area contributed by atoms with Crippen LogP contribution in [0.3, 0.4) is 0 Å². The van der Waals surface area contributed by atoms with Gasteiger partial charge in [-0.25, -0.2) is 9.97 Å². The highest BCUT2D eigenvalue weighted by Gasteiger charge is 2.11. The molecule has 0 aliphatic carbocycles. The van der Waals surface area contributed by atoms with Gasteiger partial charge in [0.1, 0.15) is 0 Å². The lowest BCUT2D eigenvalue weighted by Gasteiger charge is -2.15. The first kappa shape index (κ1) is 15.4. The van der Waals surface area contributed by atoms with Crippen LogP contribution in [0.5, 0.6) is 0 Å². The minimum Gasteiger partial charge on any atom is -0.347 e. The van der Waals surface area contributed by atoms with E-state index < -0.39 is 0 Å². The standard InChI is InChI=1S/C16H18N6S/c1-21(2)15-17-9-12(10-18-15)11-22(3)16-19-14(20-23-16)13-7-5-4-6-8-13/h4-10H,11H2,1-3H3.